The molecule has 0 fully saturated rings. The van der Waals surface area contributed by atoms with E-state index in [0.717, 1.165) is 11.0 Å². The fourth-order valence-electron chi connectivity index (χ4n) is 1.51. The third-order valence-corrected chi connectivity index (χ3v) is 2.43. The molecule has 0 aliphatic rings. The van der Waals surface area contributed by atoms with E-state index in [1.807, 2.05) is 0 Å². The van der Waals surface area contributed by atoms with Crippen molar-refractivity contribution < 1.29 is 0 Å². The summed E-state index contributed by atoms with van der Waals surface area (Å²) in [5.41, 5.74) is 2.81. The maximum atomic E-state index is 6.07. The molecule has 0 aliphatic carbocycles. The molecule has 0 spiro atoms. The van der Waals surface area contributed by atoms with Crippen LogP contribution >= 0.6 is 11.6 Å². The molecule has 2 heterocycles. The molecule has 2 aromatic heterocycles. The second kappa shape index (κ2) is 3.10. The van der Waals surface area contributed by atoms with Crippen LogP contribution in [-0.2, 0) is 0 Å². The first-order chi connectivity index (χ1) is 7.36. The van der Waals surface area contributed by atoms with Gasteiger partial charge in [0, 0.05) is 24.8 Å². The van der Waals surface area contributed by atoms with Gasteiger partial charge in [0.25, 0.3) is 0 Å². The molecule has 0 saturated heterocycles. The highest BCUT2D eigenvalue weighted by Gasteiger charge is 2.07. The van der Waals surface area contributed by atoms with Crippen LogP contribution in [0.15, 0.2) is 30.9 Å². The Labute approximate surface area is 90.0 Å². The molecule has 15 heavy (non-hydrogen) atoms. The van der Waals surface area contributed by atoms with Crippen molar-refractivity contribution in [3.05, 3.63) is 35.9 Å². The first-order valence-electron chi connectivity index (χ1n) is 4.36. The van der Waals surface area contributed by atoms with Crippen LogP contribution in [0.1, 0.15) is 0 Å². The van der Waals surface area contributed by atoms with Gasteiger partial charge in [0.2, 0.25) is 0 Å². The van der Waals surface area contributed by atoms with Crippen molar-refractivity contribution in [3.8, 4) is 0 Å². The van der Waals surface area contributed by atoms with Gasteiger partial charge < -0.3 is 0 Å². The Hall–Kier alpha value is -1.81. The second-order valence-electron chi connectivity index (χ2n) is 3.04. The summed E-state index contributed by atoms with van der Waals surface area (Å²) in [6.45, 7) is 0. The van der Waals surface area contributed by atoms with Gasteiger partial charge in [-0.05, 0) is 6.07 Å². The summed E-state index contributed by atoms with van der Waals surface area (Å²) in [4.78, 5) is 16.8. The van der Waals surface area contributed by atoms with Crippen LogP contribution in [-0.4, -0.2) is 19.9 Å². The summed E-state index contributed by atoms with van der Waals surface area (Å²) >= 11 is 6.07. The minimum atomic E-state index is 0.547. The lowest BCUT2D eigenvalue weighted by molar-refractivity contribution is 1.26. The maximum absolute atomic E-state index is 6.07. The third kappa shape index (κ3) is 1.22. The average Bonchev–Trinajstić information content (AvgIpc) is 2.30. The van der Waals surface area contributed by atoms with Gasteiger partial charge in [0.1, 0.15) is 16.6 Å². The zero-order valence-corrected chi connectivity index (χ0v) is 8.31. The molecule has 3 aromatic rings. The molecule has 0 unspecified atom stereocenters. The van der Waals surface area contributed by atoms with Crippen LogP contribution in [0.3, 0.4) is 0 Å². The number of hydrogen-bond donors (Lipinski definition) is 0. The summed E-state index contributed by atoms with van der Waals surface area (Å²) < 4.78 is 0. The highest BCUT2D eigenvalue weighted by molar-refractivity contribution is 6.36. The second-order valence-corrected chi connectivity index (χ2v) is 3.44. The number of fused-ring (bicyclic) bond motifs is 3. The van der Waals surface area contributed by atoms with Crippen LogP contribution in [0.5, 0.6) is 0 Å². The standard InChI is InChI=1S/C10H5ClN4/c11-6-5-7-9(14-2-1-12-7)10-8(6)13-3-4-15-10/h1-5H. The Morgan fingerprint density at radius 2 is 1.33 bits per heavy atom. The van der Waals surface area contributed by atoms with Crippen molar-refractivity contribution in [2.75, 3.05) is 0 Å². The third-order valence-electron chi connectivity index (χ3n) is 2.14. The van der Waals surface area contributed by atoms with Gasteiger partial charge in [0.15, 0.2) is 0 Å². The van der Waals surface area contributed by atoms with Gasteiger partial charge in [-0.2, -0.15) is 0 Å². The Morgan fingerprint density at radius 1 is 0.733 bits per heavy atom. The smallest absolute Gasteiger partial charge is 0.118 e. The van der Waals surface area contributed by atoms with E-state index >= 15 is 0 Å². The number of aromatic nitrogens is 4. The van der Waals surface area contributed by atoms with Crippen LogP contribution in [0.2, 0.25) is 5.02 Å². The van der Waals surface area contributed by atoms with Crippen molar-refractivity contribution >= 4 is 33.7 Å². The number of benzene rings is 1. The van der Waals surface area contributed by atoms with Crippen molar-refractivity contribution in [1.82, 2.24) is 19.9 Å². The quantitative estimate of drug-likeness (QED) is 0.541. The Bertz CT molecular complexity index is 653. The highest BCUT2D eigenvalue weighted by Crippen LogP contribution is 2.25. The normalized spacial score (nSPS) is 11.0. The molecule has 0 N–H and O–H groups in total. The minimum Gasteiger partial charge on any atom is -0.253 e. The Kier molecular flexibility index (Phi) is 1.76. The number of halogens is 1. The lowest BCUT2D eigenvalue weighted by Crippen LogP contribution is -1.89. The number of rotatable bonds is 0. The van der Waals surface area contributed by atoms with E-state index in [1.165, 1.54) is 0 Å². The van der Waals surface area contributed by atoms with E-state index in [4.69, 9.17) is 11.6 Å². The summed E-state index contributed by atoms with van der Waals surface area (Å²) in [6, 6.07) is 1.75. The van der Waals surface area contributed by atoms with Crippen molar-refractivity contribution in [3.63, 3.8) is 0 Å². The first kappa shape index (κ1) is 8.49. The molecule has 0 atom stereocenters. The summed E-state index contributed by atoms with van der Waals surface area (Å²) in [6.07, 6.45) is 6.48. The number of nitrogens with zero attached hydrogens (tertiary/aromatic N) is 4. The molecule has 0 bridgehead atoms. The average molecular weight is 217 g/mol. The molecule has 0 aliphatic heterocycles. The zero-order chi connectivity index (χ0) is 10.3. The van der Waals surface area contributed by atoms with E-state index in [2.05, 4.69) is 19.9 Å². The molecular formula is C10H5ClN4. The highest BCUT2D eigenvalue weighted by atomic mass is 35.5. The molecule has 4 nitrogen and oxygen atoms in total. The zero-order valence-electron chi connectivity index (χ0n) is 7.55. The number of hydrogen-bond acceptors (Lipinski definition) is 4. The largest absolute Gasteiger partial charge is 0.253 e. The van der Waals surface area contributed by atoms with Crippen LogP contribution < -0.4 is 0 Å². The van der Waals surface area contributed by atoms with Gasteiger partial charge in [-0.15, -0.1) is 0 Å². The lowest BCUT2D eigenvalue weighted by atomic mass is 10.2. The lowest BCUT2D eigenvalue weighted by Gasteiger charge is -2.01. The fourth-order valence-corrected chi connectivity index (χ4v) is 1.75. The molecule has 0 saturated carbocycles. The van der Waals surface area contributed by atoms with E-state index in [0.29, 0.717) is 16.1 Å². The van der Waals surface area contributed by atoms with Crippen LogP contribution in [0, 0.1) is 0 Å². The van der Waals surface area contributed by atoms with Gasteiger partial charge in [-0.3, -0.25) is 19.9 Å². The predicted molar refractivity (Wildman–Crippen MR) is 57.6 cm³/mol. The van der Waals surface area contributed by atoms with Gasteiger partial charge in [-0.25, -0.2) is 0 Å². The molecule has 0 radical (unpaired) electrons. The molecule has 5 heteroatoms. The topological polar surface area (TPSA) is 51.6 Å². The predicted octanol–water partition coefficient (Wildman–Crippen LogP) is 2.23. The minimum absolute atomic E-state index is 0.547. The van der Waals surface area contributed by atoms with Crippen LogP contribution in [0.25, 0.3) is 22.1 Å². The summed E-state index contributed by atoms with van der Waals surface area (Å²) in [5.74, 6) is 0. The van der Waals surface area contributed by atoms with E-state index in [1.54, 1.807) is 30.9 Å². The van der Waals surface area contributed by atoms with Gasteiger partial charge >= 0.3 is 0 Å². The van der Waals surface area contributed by atoms with E-state index < -0.39 is 0 Å². The van der Waals surface area contributed by atoms with Gasteiger partial charge in [0.05, 0.1) is 10.5 Å². The van der Waals surface area contributed by atoms with Gasteiger partial charge in [-0.1, -0.05) is 11.6 Å². The maximum Gasteiger partial charge on any atom is 0.118 e. The van der Waals surface area contributed by atoms with E-state index in [9.17, 15) is 0 Å². The monoisotopic (exact) mass is 216 g/mol. The molecule has 0 amide bonds. The van der Waals surface area contributed by atoms with Crippen molar-refractivity contribution in [2.45, 2.75) is 0 Å². The SMILES string of the molecule is Clc1cc2nccnc2c2nccnc12. The fraction of sp³-hybridized carbons (Fsp3) is 0. The van der Waals surface area contributed by atoms with E-state index in [-0.39, 0.29) is 0 Å². The first-order valence-corrected chi connectivity index (χ1v) is 4.74. The summed E-state index contributed by atoms with van der Waals surface area (Å²) in [5, 5.41) is 0.547. The Morgan fingerprint density at radius 3 is 2.13 bits per heavy atom. The molecule has 72 valence electrons. The van der Waals surface area contributed by atoms with Crippen LogP contribution in [0.4, 0.5) is 0 Å². The molecule has 3 rings (SSSR count). The van der Waals surface area contributed by atoms with Crippen molar-refractivity contribution in [1.29, 1.82) is 0 Å². The van der Waals surface area contributed by atoms with Crippen molar-refractivity contribution in [2.24, 2.45) is 0 Å². The summed E-state index contributed by atoms with van der Waals surface area (Å²) in [7, 11) is 0. The molecule has 1 aromatic carbocycles. The Balaban J connectivity index is 2.64. The molecular weight excluding hydrogens is 212 g/mol.